The van der Waals surface area contributed by atoms with E-state index in [2.05, 4.69) is 0 Å². The van der Waals surface area contributed by atoms with Crippen LogP contribution in [0.3, 0.4) is 0 Å². The second-order valence-electron chi connectivity index (χ2n) is 8.27. The first kappa shape index (κ1) is 22.3. The average molecular weight is 470 g/mol. The molecule has 2 atom stereocenters. The second-order valence-corrected chi connectivity index (χ2v) is 8.27. The Hall–Kier alpha value is -4.46. The molecular weight excluding hydrogens is 448 g/mol. The number of rotatable bonds is 4. The molecule has 0 bridgehead atoms. The minimum absolute atomic E-state index is 0.271. The lowest BCUT2D eigenvalue weighted by Gasteiger charge is -2.18. The van der Waals surface area contributed by atoms with E-state index in [9.17, 15) is 19.2 Å². The fraction of sp³-hybridized carbons (Fsp3) is 0.185. The summed E-state index contributed by atoms with van der Waals surface area (Å²) in [5.41, 5.74) is 1.01. The van der Waals surface area contributed by atoms with Crippen molar-refractivity contribution in [2.24, 2.45) is 0 Å². The van der Waals surface area contributed by atoms with Crippen LogP contribution < -0.4 is 11.1 Å². The SMILES string of the molecule is COC(=O)c1ccccc1[C@H]1C[C@H](c2ccccc2C(=O)OC)n2c(=O)c3ccccc3c(=O)n21. The Kier molecular flexibility index (Phi) is 5.56. The average Bonchev–Trinajstić information content (AvgIpc) is 3.31. The molecule has 3 aromatic carbocycles. The highest BCUT2D eigenvalue weighted by molar-refractivity contribution is 5.92. The fourth-order valence-corrected chi connectivity index (χ4v) is 4.98. The lowest BCUT2D eigenvalue weighted by Crippen LogP contribution is -2.38. The maximum absolute atomic E-state index is 13.8. The summed E-state index contributed by atoms with van der Waals surface area (Å²) in [5, 5.41) is 0.576. The number of hydrogen-bond acceptors (Lipinski definition) is 6. The Bertz CT molecular complexity index is 1480. The Balaban J connectivity index is 1.84. The third kappa shape index (κ3) is 3.45. The first-order chi connectivity index (χ1) is 17.0. The summed E-state index contributed by atoms with van der Waals surface area (Å²) in [4.78, 5) is 52.6. The molecule has 0 amide bonds. The molecule has 0 N–H and O–H groups in total. The van der Waals surface area contributed by atoms with E-state index in [-0.39, 0.29) is 28.3 Å². The number of hydrogen-bond donors (Lipinski definition) is 0. The summed E-state index contributed by atoms with van der Waals surface area (Å²) in [6, 6.07) is 19.1. The van der Waals surface area contributed by atoms with E-state index in [0.717, 1.165) is 0 Å². The maximum atomic E-state index is 13.8. The summed E-state index contributed by atoms with van der Waals surface area (Å²) >= 11 is 0. The molecule has 176 valence electrons. The molecule has 35 heavy (non-hydrogen) atoms. The number of aromatic nitrogens is 2. The van der Waals surface area contributed by atoms with E-state index in [1.807, 2.05) is 0 Å². The van der Waals surface area contributed by atoms with Gasteiger partial charge in [-0.3, -0.25) is 9.59 Å². The second kappa shape index (κ2) is 8.72. The number of benzene rings is 3. The standard InChI is InChI=1S/C27H22N2O6/c1-34-26(32)20-13-7-3-9-16(20)22-15-23(17-10-4-8-14-21(17)27(33)35-2)29-25(31)19-12-6-5-11-18(19)24(30)28(22)29/h3-14,22-23H,15H2,1-2H3/t22-,23-/m1/s1. The van der Waals surface area contributed by atoms with Crippen molar-refractivity contribution >= 4 is 22.7 Å². The number of nitrogens with zero attached hydrogens (tertiary/aromatic N) is 2. The van der Waals surface area contributed by atoms with Crippen LogP contribution in [0.5, 0.6) is 0 Å². The maximum Gasteiger partial charge on any atom is 0.338 e. The first-order valence-electron chi connectivity index (χ1n) is 11.1. The lowest BCUT2D eigenvalue weighted by atomic mass is 9.92. The van der Waals surface area contributed by atoms with Crippen LogP contribution in [0.2, 0.25) is 0 Å². The van der Waals surface area contributed by atoms with Gasteiger partial charge in [0.15, 0.2) is 0 Å². The van der Waals surface area contributed by atoms with E-state index in [0.29, 0.717) is 22.3 Å². The predicted molar refractivity (Wildman–Crippen MR) is 129 cm³/mol. The largest absolute Gasteiger partial charge is 0.465 e. The summed E-state index contributed by atoms with van der Waals surface area (Å²) in [5.74, 6) is -1.08. The Morgan fingerprint density at radius 2 is 1.03 bits per heavy atom. The monoisotopic (exact) mass is 470 g/mol. The third-order valence-electron chi connectivity index (χ3n) is 6.52. The van der Waals surface area contributed by atoms with Gasteiger partial charge in [0.05, 0.1) is 48.2 Å². The van der Waals surface area contributed by atoms with Gasteiger partial charge < -0.3 is 9.47 Å². The summed E-state index contributed by atoms with van der Waals surface area (Å²) < 4.78 is 12.8. The van der Waals surface area contributed by atoms with Crippen LogP contribution in [-0.2, 0) is 9.47 Å². The molecule has 4 aromatic rings. The Morgan fingerprint density at radius 3 is 1.43 bits per heavy atom. The molecule has 2 heterocycles. The molecule has 0 fully saturated rings. The number of ether oxygens (including phenoxy) is 2. The normalized spacial score (nSPS) is 16.6. The third-order valence-corrected chi connectivity index (χ3v) is 6.52. The van der Waals surface area contributed by atoms with Gasteiger partial charge in [0.1, 0.15) is 0 Å². The van der Waals surface area contributed by atoms with Gasteiger partial charge in [0.25, 0.3) is 11.1 Å². The Labute approximate surface area is 199 Å². The highest BCUT2D eigenvalue weighted by Gasteiger charge is 2.38. The minimum Gasteiger partial charge on any atom is -0.465 e. The van der Waals surface area contributed by atoms with Crippen LogP contribution in [0.15, 0.2) is 82.4 Å². The number of methoxy groups -OCH3 is 2. The number of fused-ring (bicyclic) bond motifs is 2. The summed E-state index contributed by atoms with van der Waals surface area (Å²) in [6.07, 6.45) is 0.271. The van der Waals surface area contributed by atoms with Crippen molar-refractivity contribution in [1.29, 1.82) is 0 Å². The smallest absolute Gasteiger partial charge is 0.338 e. The zero-order valence-corrected chi connectivity index (χ0v) is 19.1. The van der Waals surface area contributed by atoms with Crippen LogP contribution in [0.1, 0.15) is 50.3 Å². The molecule has 1 aromatic heterocycles. The van der Waals surface area contributed by atoms with Crippen molar-refractivity contribution in [1.82, 2.24) is 9.36 Å². The molecule has 8 nitrogen and oxygen atoms in total. The molecule has 5 rings (SSSR count). The van der Waals surface area contributed by atoms with Crippen molar-refractivity contribution in [2.45, 2.75) is 18.5 Å². The molecule has 0 saturated carbocycles. The van der Waals surface area contributed by atoms with Crippen molar-refractivity contribution < 1.29 is 19.1 Å². The van der Waals surface area contributed by atoms with Gasteiger partial charge in [0, 0.05) is 6.42 Å². The molecule has 0 unspecified atom stereocenters. The number of carbonyl (C=O) groups is 2. The van der Waals surface area contributed by atoms with Crippen LogP contribution in [0.25, 0.3) is 10.8 Å². The molecule has 8 heteroatoms. The van der Waals surface area contributed by atoms with Crippen LogP contribution in [0.4, 0.5) is 0 Å². The van der Waals surface area contributed by atoms with Crippen LogP contribution in [-0.4, -0.2) is 35.5 Å². The lowest BCUT2D eigenvalue weighted by molar-refractivity contribution is 0.0590. The van der Waals surface area contributed by atoms with Gasteiger partial charge in [-0.05, 0) is 35.4 Å². The van der Waals surface area contributed by atoms with E-state index < -0.39 is 24.0 Å². The predicted octanol–water partition coefficient (Wildman–Crippen LogP) is 3.32. The molecule has 0 aliphatic carbocycles. The molecule has 0 saturated heterocycles. The zero-order chi connectivity index (χ0) is 24.7. The van der Waals surface area contributed by atoms with Gasteiger partial charge in [-0.1, -0.05) is 48.5 Å². The van der Waals surface area contributed by atoms with Crippen molar-refractivity contribution in [2.75, 3.05) is 14.2 Å². The molecule has 1 aliphatic heterocycles. The first-order valence-corrected chi connectivity index (χ1v) is 11.1. The molecule has 1 aliphatic rings. The topological polar surface area (TPSA) is 96.6 Å². The number of carbonyl (C=O) groups excluding carboxylic acids is 2. The minimum atomic E-state index is -0.647. The highest BCUT2D eigenvalue weighted by atomic mass is 16.5. The zero-order valence-electron chi connectivity index (χ0n) is 19.1. The van der Waals surface area contributed by atoms with Gasteiger partial charge in [-0.25, -0.2) is 19.0 Å². The molecule has 0 spiro atoms. The molecule has 0 radical (unpaired) electrons. The molecular formula is C27H22N2O6. The fourth-order valence-electron chi connectivity index (χ4n) is 4.98. The van der Waals surface area contributed by atoms with E-state index in [4.69, 9.17) is 9.47 Å². The van der Waals surface area contributed by atoms with E-state index in [1.54, 1.807) is 72.8 Å². The van der Waals surface area contributed by atoms with Gasteiger partial charge in [-0.2, -0.15) is 0 Å². The van der Waals surface area contributed by atoms with Gasteiger partial charge >= 0.3 is 11.9 Å². The van der Waals surface area contributed by atoms with E-state index in [1.165, 1.54) is 23.6 Å². The number of esters is 2. The summed E-state index contributed by atoms with van der Waals surface area (Å²) in [7, 11) is 2.59. The van der Waals surface area contributed by atoms with Crippen LogP contribution >= 0.6 is 0 Å². The van der Waals surface area contributed by atoms with Crippen LogP contribution in [0, 0.1) is 0 Å². The van der Waals surface area contributed by atoms with Gasteiger partial charge in [0.2, 0.25) is 0 Å². The van der Waals surface area contributed by atoms with Crippen molar-refractivity contribution in [3.05, 3.63) is 116 Å². The quantitative estimate of drug-likeness (QED) is 0.425. The summed E-state index contributed by atoms with van der Waals surface area (Å²) in [6.45, 7) is 0. The van der Waals surface area contributed by atoms with E-state index >= 15 is 0 Å². The van der Waals surface area contributed by atoms with Gasteiger partial charge in [-0.15, -0.1) is 0 Å². The Morgan fingerprint density at radius 1 is 0.657 bits per heavy atom. The highest BCUT2D eigenvalue weighted by Crippen LogP contribution is 2.39. The van der Waals surface area contributed by atoms with Crippen molar-refractivity contribution in [3.63, 3.8) is 0 Å². The van der Waals surface area contributed by atoms with Crippen molar-refractivity contribution in [3.8, 4) is 0 Å².